The van der Waals surface area contributed by atoms with Crippen molar-refractivity contribution in [1.29, 1.82) is 0 Å². The number of alkyl halides is 1. The Balaban J connectivity index is 2.00. The van der Waals surface area contributed by atoms with Crippen LogP contribution in [-0.2, 0) is 10.0 Å². The van der Waals surface area contributed by atoms with Gasteiger partial charge in [-0.15, -0.1) is 11.6 Å². The van der Waals surface area contributed by atoms with Gasteiger partial charge in [0, 0.05) is 10.8 Å². The molecule has 142 valence electrons. The van der Waals surface area contributed by atoms with E-state index in [0.29, 0.717) is 17.3 Å². The number of halogens is 1. The highest BCUT2D eigenvalue weighted by atomic mass is 35.5. The number of sulfonamides is 1. The van der Waals surface area contributed by atoms with Gasteiger partial charge < -0.3 is 4.74 Å². The molecule has 0 bridgehead atoms. The molecule has 6 heteroatoms. The Morgan fingerprint density at radius 3 is 1.93 bits per heavy atom. The number of ether oxygens (including phenoxy) is 1. The molecule has 0 atom stereocenters. The molecular weight excluding hydrogens is 394 g/mol. The lowest BCUT2D eigenvalue weighted by atomic mass is 9.99. The van der Waals surface area contributed by atoms with Gasteiger partial charge in [0.2, 0.25) is 0 Å². The van der Waals surface area contributed by atoms with E-state index in [2.05, 4.69) is 4.72 Å². The van der Waals surface area contributed by atoms with Crippen molar-refractivity contribution in [3.05, 3.63) is 78.9 Å². The molecular formula is C22H18ClNO3S. The minimum Gasteiger partial charge on any atom is -0.489 e. The Labute approximate surface area is 168 Å². The van der Waals surface area contributed by atoms with Crippen LogP contribution in [0, 0.1) is 0 Å². The highest BCUT2D eigenvalue weighted by molar-refractivity contribution is 7.92. The summed E-state index contributed by atoms with van der Waals surface area (Å²) in [4.78, 5) is 0.190. The first-order valence-corrected chi connectivity index (χ1v) is 10.8. The molecule has 0 radical (unpaired) electrons. The predicted octanol–water partition coefficient (Wildman–Crippen LogP) is 5.41. The van der Waals surface area contributed by atoms with Crippen LogP contribution >= 0.6 is 11.6 Å². The summed E-state index contributed by atoms with van der Waals surface area (Å²) < 4.78 is 34.7. The molecule has 0 aliphatic carbocycles. The van der Waals surface area contributed by atoms with Gasteiger partial charge in [-0.1, -0.05) is 66.7 Å². The second-order valence-electron chi connectivity index (χ2n) is 6.25. The minimum atomic E-state index is -3.78. The van der Waals surface area contributed by atoms with E-state index in [1.807, 2.05) is 48.5 Å². The van der Waals surface area contributed by atoms with Gasteiger partial charge in [-0.2, -0.15) is 0 Å². The summed E-state index contributed by atoms with van der Waals surface area (Å²) in [6, 6.07) is 23.7. The van der Waals surface area contributed by atoms with Gasteiger partial charge in [0.05, 0.1) is 16.5 Å². The third-order valence-electron chi connectivity index (χ3n) is 4.50. The molecule has 0 spiro atoms. The molecule has 0 heterocycles. The van der Waals surface area contributed by atoms with E-state index in [9.17, 15) is 8.42 Å². The molecule has 1 N–H and O–H groups in total. The highest BCUT2D eigenvalue weighted by Crippen LogP contribution is 2.42. The van der Waals surface area contributed by atoms with Crippen LogP contribution < -0.4 is 9.46 Å². The Kier molecular flexibility index (Phi) is 5.11. The largest absolute Gasteiger partial charge is 0.489 e. The summed E-state index contributed by atoms with van der Waals surface area (Å²) >= 11 is 5.84. The molecule has 4 aromatic carbocycles. The van der Waals surface area contributed by atoms with Crippen molar-refractivity contribution in [2.45, 2.75) is 4.90 Å². The Morgan fingerprint density at radius 1 is 0.750 bits per heavy atom. The number of hydrogen-bond acceptors (Lipinski definition) is 3. The van der Waals surface area contributed by atoms with Gasteiger partial charge in [0.25, 0.3) is 10.0 Å². The molecule has 0 unspecified atom stereocenters. The Bertz CT molecular complexity index is 1240. The molecule has 0 amide bonds. The summed E-state index contributed by atoms with van der Waals surface area (Å²) in [5.74, 6) is 0.779. The van der Waals surface area contributed by atoms with Crippen molar-refractivity contribution < 1.29 is 13.2 Å². The normalized spacial score (nSPS) is 11.6. The second kappa shape index (κ2) is 7.70. The topological polar surface area (TPSA) is 55.4 Å². The number of fused-ring (bicyclic) bond motifs is 3. The molecule has 0 fully saturated rings. The monoisotopic (exact) mass is 411 g/mol. The zero-order chi connectivity index (χ0) is 19.6. The van der Waals surface area contributed by atoms with E-state index in [0.717, 1.165) is 21.5 Å². The van der Waals surface area contributed by atoms with E-state index >= 15 is 0 Å². The van der Waals surface area contributed by atoms with Crippen LogP contribution in [0.15, 0.2) is 83.8 Å². The van der Waals surface area contributed by atoms with Crippen LogP contribution in [0.3, 0.4) is 0 Å². The fourth-order valence-electron chi connectivity index (χ4n) is 3.29. The van der Waals surface area contributed by atoms with Crippen molar-refractivity contribution in [2.75, 3.05) is 17.2 Å². The lowest BCUT2D eigenvalue weighted by Crippen LogP contribution is -2.14. The molecule has 0 saturated heterocycles. The molecule has 4 aromatic rings. The smallest absolute Gasteiger partial charge is 0.262 e. The van der Waals surface area contributed by atoms with Crippen molar-refractivity contribution in [3.8, 4) is 5.75 Å². The van der Waals surface area contributed by atoms with E-state index in [1.54, 1.807) is 30.3 Å². The second-order valence-corrected chi connectivity index (χ2v) is 8.31. The molecule has 0 saturated carbocycles. The van der Waals surface area contributed by atoms with Crippen LogP contribution in [0.5, 0.6) is 5.75 Å². The van der Waals surface area contributed by atoms with Gasteiger partial charge in [-0.3, -0.25) is 4.72 Å². The maximum atomic E-state index is 13.0. The third-order valence-corrected chi connectivity index (χ3v) is 6.02. The molecule has 4 nitrogen and oxygen atoms in total. The standard InChI is InChI=1S/C22H18ClNO3S/c23-14-15-27-22-20-13-7-5-11-18(20)17-10-4-6-12-19(17)21(22)24-28(25,26)16-8-2-1-3-9-16/h1-13,24H,14-15H2. The van der Waals surface area contributed by atoms with Crippen LogP contribution in [0.4, 0.5) is 5.69 Å². The molecule has 28 heavy (non-hydrogen) atoms. The number of hydrogen-bond donors (Lipinski definition) is 1. The summed E-state index contributed by atoms with van der Waals surface area (Å²) in [7, 11) is -3.78. The van der Waals surface area contributed by atoms with Crippen molar-refractivity contribution in [1.82, 2.24) is 0 Å². The van der Waals surface area contributed by atoms with E-state index in [-0.39, 0.29) is 11.5 Å². The summed E-state index contributed by atoms with van der Waals surface area (Å²) in [5.41, 5.74) is 0.420. The number of nitrogens with one attached hydrogen (secondary N) is 1. The van der Waals surface area contributed by atoms with E-state index < -0.39 is 10.0 Å². The van der Waals surface area contributed by atoms with Gasteiger partial charge in [-0.05, 0) is 22.9 Å². The Hall–Kier alpha value is -2.76. The fraction of sp³-hybridized carbons (Fsp3) is 0.0909. The number of rotatable bonds is 6. The van der Waals surface area contributed by atoms with Crippen LogP contribution in [-0.4, -0.2) is 20.9 Å². The first-order valence-electron chi connectivity index (χ1n) is 8.82. The Morgan fingerprint density at radius 2 is 1.29 bits per heavy atom. The molecule has 0 aliphatic rings. The van der Waals surface area contributed by atoms with Gasteiger partial charge in [0.15, 0.2) is 5.75 Å². The van der Waals surface area contributed by atoms with E-state index in [4.69, 9.17) is 16.3 Å². The molecule has 4 rings (SSSR count). The third kappa shape index (κ3) is 3.39. The highest BCUT2D eigenvalue weighted by Gasteiger charge is 2.21. The molecule has 0 aromatic heterocycles. The van der Waals surface area contributed by atoms with Crippen LogP contribution in [0.2, 0.25) is 0 Å². The predicted molar refractivity (Wildman–Crippen MR) is 115 cm³/mol. The van der Waals surface area contributed by atoms with Crippen LogP contribution in [0.25, 0.3) is 21.5 Å². The average Bonchev–Trinajstić information content (AvgIpc) is 2.74. The first-order chi connectivity index (χ1) is 13.6. The lowest BCUT2D eigenvalue weighted by molar-refractivity contribution is 0.349. The van der Waals surface area contributed by atoms with Crippen LogP contribution in [0.1, 0.15) is 0 Å². The quantitative estimate of drug-likeness (QED) is 0.341. The maximum absolute atomic E-state index is 13.0. The fourth-order valence-corrected chi connectivity index (χ4v) is 4.48. The molecule has 0 aliphatic heterocycles. The van der Waals surface area contributed by atoms with Crippen molar-refractivity contribution >= 4 is 48.9 Å². The number of anilines is 1. The zero-order valence-corrected chi connectivity index (χ0v) is 16.5. The SMILES string of the molecule is O=S(=O)(Nc1c(OCCCl)c2ccccc2c2ccccc12)c1ccccc1. The first kappa shape index (κ1) is 18.6. The van der Waals surface area contributed by atoms with Gasteiger partial charge >= 0.3 is 0 Å². The van der Waals surface area contributed by atoms with E-state index in [1.165, 1.54) is 0 Å². The lowest BCUT2D eigenvalue weighted by Gasteiger charge is -2.19. The zero-order valence-electron chi connectivity index (χ0n) is 14.9. The summed E-state index contributed by atoms with van der Waals surface area (Å²) in [5, 5.41) is 3.54. The summed E-state index contributed by atoms with van der Waals surface area (Å²) in [6.07, 6.45) is 0. The van der Waals surface area contributed by atoms with Crippen molar-refractivity contribution in [2.24, 2.45) is 0 Å². The maximum Gasteiger partial charge on any atom is 0.262 e. The summed E-state index contributed by atoms with van der Waals surface area (Å²) in [6.45, 7) is 0.268. The number of benzene rings is 4. The average molecular weight is 412 g/mol. The van der Waals surface area contributed by atoms with Gasteiger partial charge in [0.1, 0.15) is 6.61 Å². The van der Waals surface area contributed by atoms with Crippen molar-refractivity contribution in [3.63, 3.8) is 0 Å². The minimum absolute atomic E-state index is 0.190. The van der Waals surface area contributed by atoms with Gasteiger partial charge in [-0.25, -0.2) is 8.42 Å².